The van der Waals surface area contributed by atoms with Gasteiger partial charge in [-0.1, -0.05) is 100 Å². The van der Waals surface area contributed by atoms with Gasteiger partial charge in [-0.15, -0.1) is 0 Å². The number of unbranched alkanes of at least 4 members (excludes halogenated alkanes) is 4. The minimum atomic E-state index is -0.537. The molecule has 6 aromatic carbocycles. The van der Waals surface area contributed by atoms with Crippen molar-refractivity contribution in [1.29, 1.82) is 0 Å². The van der Waals surface area contributed by atoms with Crippen LogP contribution in [0.5, 0.6) is 23.0 Å². The van der Waals surface area contributed by atoms with Crippen LogP contribution in [0.1, 0.15) is 108 Å². The molecule has 0 radical (unpaired) electrons. The number of hydrogen-bond donors (Lipinski definition) is 0. The van der Waals surface area contributed by atoms with Crippen molar-refractivity contribution in [3.8, 4) is 23.0 Å². The van der Waals surface area contributed by atoms with Gasteiger partial charge in [-0.05, 0) is 24.0 Å². The van der Waals surface area contributed by atoms with Crippen LogP contribution in [0.4, 0.5) is 22.7 Å². The molecule has 0 aromatic heterocycles. The number of fused-ring (bicyclic) bond motifs is 8. The lowest BCUT2D eigenvalue weighted by molar-refractivity contribution is -0.385. The molecule has 0 unspecified atom stereocenters. The molecule has 352 valence electrons. The normalized spacial score (nSPS) is 11.9. The fourth-order valence-electron chi connectivity index (χ4n) is 8.49. The summed E-state index contributed by atoms with van der Waals surface area (Å²) in [5.74, 6) is 1.07. The molecule has 0 spiro atoms. The number of non-ortho nitro benzene ring substituents is 4. The average Bonchev–Trinajstić information content (AvgIpc) is 3.32. The van der Waals surface area contributed by atoms with Crippen LogP contribution in [0.15, 0.2) is 109 Å². The van der Waals surface area contributed by atoms with Crippen molar-refractivity contribution in [3.63, 3.8) is 0 Å². The van der Waals surface area contributed by atoms with E-state index in [1.165, 1.54) is 48.5 Å². The first kappa shape index (κ1) is 48.1. The van der Waals surface area contributed by atoms with Gasteiger partial charge >= 0.3 is 0 Å². The van der Waals surface area contributed by atoms with Crippen molar-refractivity contribution in [1.82, 2.24) is 0 Å². The number of benzene rings is 6. The van der Waals surface area contributed by atoms with Gasteiger partial charge in [-0.2, -0.15) is 0 Å². The van der Waals surface area contributed by atoms with Gasteiger partial charge in [0.15, 0.2) is 0 Å². The summed E-state index contributed by atoms with van der Waals surface area (Å²) in [5, 5.41) is 51.2. The number of hydrogen-bond acceptors (Lipinski definition) is 12. The second-order valence-electron chi connectivity index (χ2n) is 16.8. The van der Waals surface area contributed by atoms with Crippen LogP contribution in [-0.4, -0.2) is 32.9 Å². The first-order valence-electron chi connectivity index (χ1n) is 22.7. The highest BCUT2D eigenvalue weighted by atomic mass is 16.6. The van der Waals surface area contributed by atoms with E-state index in [0.717, 1.165) is 36.8 Å². The zero-order valence-corrected chi connectivity index (χ0v) is 38.0. The number of ether oxygens (including phenoxy) is 4. The maximum absolute atomic E-state index is 12.8. The van der Waals surface area contributed by atoms with E-state index < -0.39 is 19.7 Å². The largest absolute Gasteiger partial charge is 0.493 e. The van der Waals surface area contributed by atoms with Crippen molar-refractivity contribution in [2.45, 2.75) is 91.3 Å². The molecule has 0 aliphatic heterocycles. The Morgan fingerprint density at radius 2 is 0.632 bits per heavy atom. The summed E-state index contributed by atoms with van der Waals surface area (Å²) in [6, 6.07) is 29.6. The van der Waals surface area contributed by atoms with E-state index in [0.29, 0.717) is 57.3 Å². The Kier molecular flexibility index (Phi) is 15.9. The van der Waals surface area contributed by atoms with E-state index >= 15 is 0 Å². The Balaban J connectivity index is 1.56. The van der Waals surface area contributed by atoms with Gasteiger partial charge in [0.05, 0.1) is 32.9 Å². The maximum atomic E-state index is 12.8. The highest BCUT2D eigenvalue weighted by Crippen LogP contribution is 2.44. The summed E-state index contributed by atoms with van der Waals surface area (Å²) in [6.45, 7) is 4.63. The van der Waals surface area contributed by atoms with Crippen molar-refractivity contribution in [2.24, 2.45) is 0 Å². The zero-order chi connectivity index (χ0) is 48.2. The molecular weight excluding hydrogens is 873 g/mol. The lowest BCUT2D eigenvalue weighted by Gasteiger charge is -2.23. The Morgan fingerprint density at radius 1 is 0.382 bits per heavy atom. The Hall–Kier alpha value is -7.88. The first-order chi connectivity index (χ1) is 32.9. The molecule has 16 nitrogen and oxygen atoms in total. The van der Waals surface area contributed by atoms with Crippen LogP contribution < -0.4 is 18.9 Å². The Morgan fingerprint density at radius 3 is 0.868 bits per heavy atom. The molecule has 1 aliphatic carbocycles. The molecule has 16 heteroatoms. The summed E-state index contributed by atoms with van der Waals surface area (Å²) < 4.78 is 26.4. The fraction of sp³-hybridized carbons (Fsp3) is 0.308. The predicted molar refractivity (Wildman–Crippen MR) is 255 cm³/mol. The molecule has 1 aliphatic rings. The molecule has 7 rings (SSSR count). The maximum Gasteiger partial charge on any atom is 0.270 e. The number of nitro benzene ring substituents is 4. The molecule has 68 heavy (non-hydrogen) atoms. The average molecular weight is 925 g/mol. The van der Waals surface area contributed by atoms with Gasteiger partial charge < -0.3 is 18.9 Å². The molecule has 0 N–H and O–H groups in total. The van der Waals surface area contributed by atoms with Gasteiger partial charge in [0.25, 0.3) is 22.7 Å². The highest BCUT2D eigenvalue weighted by Gasteiger charge is 2.29. The summed E-state index contributed by atoms with van der Waals surface area (Å²) in [6.07, 6.45) is 4.16. The molecule has 8 bridgehead atoms. The van der Waals surface area contributed by atoms with E-state index in [4.69, 9.17) is 18.9 Å². The van der Waals surface area contributed by atoms with Gasteiger partial charge in [0, 0.05) is 119 Å². The Labute approximate surface area is 393 Å². The third-order valence-corrected chi connectivity index (χ3v) is 11.7. The third kappa shape index (κ3) is 11.9. The SMILES string of the molecule is CCCCCOc1c2cc([N+](=O)[O-])cc1Cc1cc([N+](=O)[O-])cc(c1OCc1ccccc1)Cc1cc([N+](=O)[O-])cc(c1OCCCCC)Cc1cc([N+](=O)[O-])cc(c1OCc1ccccc1)C2. The number of nitro groups is 4. The second-order valence-corrected chi connectivity index (χ2v) is 16.8. The minimum Gasteiger partial charge on any atom is -0.493 e. The number of rotatable bonds is 20. The Bertz CT molecular complexity index is 2510. The molecular formula is C52H52N4O12. The molecule has 0 saturated heterocycles. The first-order valence-corrected chi connectivity index (χ1v) is 22.7. The van der Waals surface area contributed by atoms with E-state index in [1.807, 2.05) is 74.5 Å². The van der Waals surface area contributed by atoms with Crippen LogP contribution in [0.3, 0.4) is 0 Å². The van der Waals surface area contributed by atoms with E-state index in [9.17, 15) is 40.5 Å². The van der Waals surface area contributed by atoms with Crippen LogP contribution in [0.25, 0.3) is 0 Å². The smallest absolute Gasteiger partial charge is 0.270 e. The molecule has 0 fully saturated rings. The minimum absolute atomic E-state index is 0.0406. The zero-order valence-electron chi connectivity index (χ0n) is 38.0. The van der Waals surface area contributed by atoms with Gasteiger partial charge in [0.1, 0.15) is 36.2 Å². The van der Waals surface area contributed by atoms with Crippen LogP contribution in [-0.2, 0) is 38.9 Å². The summed E-state index contributed by atoms with van der Waals surface area (Å²) >= 11 is 0. The fourth-order valence-corrected chi connectivity index (χ4v) is 8.49. The topological polar surface area (TPSA) is 209 Å². The molecule has 0 atom stereocenters. The van der Waals surface area contributed by atoms with Crippen LogP contribution in [0, 0.1) is 40.5 Å². The third-order valence-electron chi connectivity index (χ3n) is 11.7. The van der Waals surface area contributed by atoms with Crippen LogP contribution >= 0.6 is 0 Å². The van der Waals surface area contributed by atoms with Crippen molar-refractivity contribution in [3.05, 3.63) is 205 Å². The number of nitrogens with zero attached hydrogens (tertiary/aromatic N) is 4. The molecule has 0 saturated carbocycles. The van der Waals surface area contributed by atoms with E-state index in [2.05, 4.69) is 0 Å². The molecule has 6 aromatic rings. The van der Waals surface area contributed by atoms with E-state index in [1.54, 1.807) is 0 Å². The predicted octanol–water partition coefficient (Wildman–Crippen LogP) is 12.3. The van der Waals surface area contributed by atoms with E-state index in [-0.39, 0.29) is 97.9 Å². The molecule has 0 heterocycles. The van der Waals surface area contributed by atoms with Gasteiger partial charge in [-0.25, -0.2) is 0 Å². The van der Waals surface area contributed by atoms with Crippen LogP contribution in [0.2, 0.25) is 0 Å². The lowest BCUT2D eigenvalue weighted by atomic mass is 9.90. The summed E-state index contributed by atoms with van der Waals surface area (Å²) in [7, 11) is 0. The summed E-state index contributed by atoms with van der Waals surface area (Å²) in [4.78, 5) is 49.0. The van der Waals surface area contributed by atoms with Crippen molar-refractivity contribution < 1.29 is 38.6 Å². The molecule has 0 amide bonds. The van der Waals surface area contributed by atoms with Gasteiger partial charge in [0.2, 0.25) is 0 Å². The highest BCUT2D eigenvalue weighted by molar-refractivity contribution is 5.62. The standard InChI is InChI=1S/C52H52N4O12/c1-3-5-13-19-65-49-37-21-41-29-47(55(61)62)31-43(51(41)67-33-35-15-9-7-10-16-35)23-39-27-46(54(59)60)28-40(50(39)66-20-14-6-4-2)24-44-32-48(56(63)64)30-42(22-38(49)26-45(25-37)53(57)58)52(44)68-34-36-17-11-8-12-18-36/h7-12,15-18,25-32H,3-6,13-14,19-24,33-34H2,1-2H3. The monoisotopic (exact) mass is 924 g/mol. The quantitative estimate of drug-likeness (QED) is 0.0397. The van der Waals surface area contributed by atoms with Crippen molar-refractivity contribution in [2.75, 3.05) is 13.2 Å². The summed E-state index contributed by atoms with van der Waals surface area (Å²) in [5.41, 5.74) is 2.94. The second kappa shape index (κ2) is 22.5. The lowest BCUT2D eigenvalue weighted by Crippen LogP contribution is -2.11. The van der Waals surface area contributed by atoms with Gasteiger partial charge in [-0.3, -0.25) is 40.5 Å². The van der Waals surface area contributed by atoms with Crippen molar-refractivity contribution >= 4 is 22.7 Å².